The molecule has 0 fully saturated rings. The van der Waals surface area contributed by atoms with Crippen molar-refractivity contribution in [1.29, 1.82) is 0 Å². The minimum atomic E-state index is -0.920. The molecule has 0 saturated carbocycles. The van der Waals surface area contributed by atoms with Crippen LogP contribution in [0.15, 0.2) is 47.4 Å². The van der Waals surface area contributed by atoms with E-state index >= 15 is 0 Å². The van der Waals surface area contributed by atoms with Gasteiger partial charge in [0.2, 0.25) is 0 Å². The Bertz CT molecular complexity index is 746. The molecular weight excluding hydrogens is 346 g/mol. The van der Waals surface area contributed by atoms with Crippen LogP contribution in [-0.4, -0.2) is 24.2 Å². The maximum Gasteiger partial charge on any atom is 0.338 e. The molecule has 2 aromatic rings. The molecule has 0 aliphatic carbocycles. The summed E-state index contributed by atoms with van der Waals surface area (Å²) in [7, 11) is 0. The van der Waals surface area contributed by atoms with E-state index < -0.39 is 18.0 Å². The van der Waals surface area contributed by atoms with Gasteiger partial charge in [-0.05, 0) is 62.1 Å². The third kappa shape index (κ3) is 4.76. The number of aryl methyl sites for hydroxylation is 1. The van der Waals surface area contributed by atoms with Crippen molar-refractivity contribution in [2.45, 2.75) is 24.8 Å². The molecule has 1 atom stereocenters. The molecule has 0 unspecified atom stereocenters. The largest absolute Gasteiger partial charge is 0.449 e. The molecule has 1 N–H and O–H groups in total. The van der Waals surface area contributed by atoms with E-state index in [9.17, 15) is 9.59 Å². The number of carbonyl (C=O) groups is 2. The number of anilines is 1. The molecule has 0 spiro atoms. The van der Waals surface area contributed by atoms with Gasteiger partial charge >= 0.3 is 5.97 Å². The van der Waals surface area contributed by atoms with Gasteiger partial charge in [0.1, 0.15) is 0 Å². The van der Waals surface area contributed by atoms with Crippen LogP contribution in [0.25, 0.3) is 0 Å². The number of amides is 1. The number of hydrogen-bond donors (Lipinski definition) is 1. The van der Waals surface area contributed by atoms with Crippen LogP contribution >= 0.6 is 23.4 Å². The van der Waals surface area contributed by atoms with Crippen LogP contribution in [0.1, 0.15) is 22.8 Å². The van der Waals surface area contributed by atoms with Crippen LogP contribution in [0, 0.1) is 6.92 Å². The van der Waals surface area contributed by atoms with E-state index in [1.807, 2.05) is 31.4 Å². The first kappa shape index (κ1) is 18.4. The molecule has 1 amide bonds. The van der Waals surface area contributed by atoms with Crippen molar-refractivity contribution in [1.82, 2.24) is 0 Å². The van der Waals surface area contributed by atoms with Crippen molar-refractivity contribution in [3.63, 3.8) is 0 Å². The molecule has 2 aromatic carbocycles. The van der Waals surface area contributed by atoms with Crippen LogP contribution in [0.2, 0.25) is 5.02 Å². The zero-order chi connectivity index (χ0) is 17.7. The van der Waals surface area contributed by atoms with Crippen molar-refractivity contribution in [3.8, 4) is 0 Å². The zero-order valence-electron chi connectivity index (χ0n) is 13.6. The van der Waals surface area contributed by atoms with Crippen LogP contribution in [0.5, 0.6) is 0 Å². The van der Waals surface area contributed by atoms with Crippen LogP contribution < -0.4 is 5.32 Å². The van der Waals surface area contributed by atoms with E-state index in [0.717, 1.165) is 10.5 Å². The van der Waals surface area contributed by atoms with Gasteiger partial charge in [-0.15, -0.1) is 11.8 Å². The molecule has 0 aliphatic rings. The smallest absolute Gasteiger partial charge is 0.338 e. The molecule has 0 radical (unpaired) electrons. The average Bonchev–Trinajstić information content (AvgIpc) is 2.58. The van der Waals surface area contributed by atoms with Crippen molar-refractivity contribution in [2.24, 2.45) is 0 Å². The molecule has 0 aromatic heterocycles. The van der Waals surface area contributed by atoms with Gasteiger partial charge in [0.15, 0.2) is 6.10 Å². The number of carbonyl (C=O) groups excluding carboxylic acids is 2. The summed E-state index contributed by atoms with van der Waals surface area (Å²) in [5, 5.41) is 3.24. The Hall–Kier alpha value is -1.98. The third-order valence-corrected chi connectivity index (χ3v) is 4.41. The number of thioether (sulfide) groups is 1. The van der Waals surface area contributed by atoms with Crippen molar-refractivity contribution in [2.75, 3.05) is 11.6 Å². The van der Waals surface area contributed by atoms with Crippen molar-refractivity contribution in [3.05, 3.63) is 58.6 Å². The summed E-state index contributed by atoms with van der Waals surface area (Å²) in [6.45, 7) is 3.39. The summed E-state index contributed by atoms with van der Waals surface area (Å²) in [5.74, 6) is -0.942. The van der Waals surface area contributed by atoms with Gasteiger partial charge in [-0.3, -0.25) is 4.79 Å². The number of rotatable bonds is 5. The minimum absolute atomic E-state index is 0.408. The Balaban J connectivity index is 1.99. The summed E-state index contributed by atoms with van der Waals surface area (Å²) < 4.78 is 5.22. The van der Waals surface area contributed by atoms with Gasteiger partial charge in [-0.2, -0.15) is 0 Å². The third-order valence-electron chi connectivity index (χ3n) is 3.44. The Labute approximate surface area is 150 Å². The highest BCUT2D eigenvalue weighted by Gasteiger charge is 2.19. The topological polar surface area (TPSA) is 55.4 Å². The molecular formula is C18H18ClNO3S. The van der Waals surface area contributed by atoms with Crippen molar-refractivity contribution >= 4 is 40.9 Å². The van der Waals surface area contributed by atoms with Crippen LogP contribution in [-0.2, 0) is 9.53 Å². The van der Waals surface area contributed by atoms with Gasteiger partial charge in [0, 0.05) is 15.6 Å². The molecule has 0 saturated heterocycles. The monoisotopic (exact) mass is 363 g/mol. The Morgan fingerprint density at radius 1 is 1.17 bits per heavy atom. The number of halogens is 1. The summed E-state index contributed by atoms with van der Waals surface area (Å²) in [5.41, 5.74) is 1.88. The SMILES string of the molecule is CSc1ccc(C(=O)O[C@@H](C)C(=O)Nc2cc(Cl)ccc2C)cc1. The second kappa shape index (κ2) is 8.22. The average molecular weight is 364 g/mol. The van der Waals surface area contributed by atoms with Gasteiger partial charge < -0.3 is 10.1 Å². The van der Waals surface area contributed by atoms with E-state index in [4.69, 9.17) is 16.3 Å². The minimum Gasteiger partial charge on any atom is -0.449 e. The fourth-order valence-corrected chi connectivity index (χ4v) is 2.55. The lowest BCUT2D eigenvalue weighted by molar-refractivity contribution is -0.123. The molecule has 2 rings (SSSR count). The standard InChI is InChI=1S/C18H18ClNO3S/c1-11-4-7-14(19)10-16(11)20-17(21)12(2)23-18(22)13-5-8-15(24-3)9-6-13/h4-10,12H,1-3H3,(H,20,21)/t12-/m0/s1. The number of esters is 1. The lowest BCUT2D eigenvalue weighted by Gasteiger charge is -2.15. The molecule has 6 heteroatoms. The number of hydrogen-bond acceptors (Lipinski definition) is 4. The number of nitrogens with one attached hydrogen (secondary N) is 1. The number of ether oxygens (including phenoxy) is 1. The first-order valence-corrected chi connectivity index (χ1v) is 8.93. The second-order valence-electron chi connectivity index (χ2n) is 5.22. The molecule has 4 nitrogen and oxygen atoms in total. The summed E-state index contributed by atoms with van der Waals surface area (Å²) in [4.78, 5) is 25.4. The molecule has 0 heterocycles. The van der Waals surface area contributed by atoms with Gasteiger partial charge in [0.05, 0.1) is 5.56 Å². The van der Waals surface area contributed by atoms with Crippen molar-refractivity contribution < 1.29 is 14.3 Å². The highest BCUT2D eigenvalue weighted by atomic mass is 35.5. The predicted octanol–water partition coefficient (Wildman–Crippen LogP) is 4.55. The van der Waals surface area contributed by atoms with Gasteiger partial charge in [-0.1, -0.05) is 17.7 Å². The Kier molecular flexibility index (Phi) is 6.29. The van der Waals surface area contributed by atoms with Gasteiger partial charge in [-0.25, -0.2) is 4.79 Å². The second-order valence-corrected chi connectivity index (χ2v) is 6.54. The van der Waals surface area contributed by atoms with E-state index in [1.165, 1.54) is 6.92 Å². The molecule has 126 valence electrons. The van der Waals surface area contributed by atoms with E-state index in [2.05, 4.69) is 5.32 Å². The predicted molar refractivity (Wildman–Crippen MR) is 97.9 cm³/mol. The summed E-state index contributed by atoms with van der Waals surface area (Å²) in [6.07, 6.45) is 1.04. The quantitative estimate of drug-likeness (QED) is 0.625. The Morgan fingerprint density at radius 3 is 2.46 bits per heavy atom. The molecule has 24 heavy (non-hydrogen) atoms. The van der Waals surface area contributed by atoms with Crippen LogP contribution in [0.3, 0.4) is 0 Å². The summed E-state index contributed by atoms with van der Waals surface area (Å²) >= 11 is 7.52. The fraction of sp³-hybridized carbons (Fsp3) is 0.222. The lowest BCUT2D eigenvalue weighted by Crippen LogP contribution is -2.30. The zero-order valence-corrected chi connectivity index (χ0v) is 15.2. The lowest BCUT2D eigenvalue weighted by atomic mass is 10.2. The molecule has 0 aliphatic heterocycles. The Morgan fingerprint density at radius 2 is 1.83 bits per heavy atom. The normalized spacial score (nSPS) is 11.7. The fourth-order valence-electron chi connectivity index (χ4n) is 1.97. The van der Waals surface area contributed by atoms with Crippen LogP contribution in [0.4, 0.5) is 5.69 Å². The first-order valence-electron chi connectivity index (χ1n) is 7.32. The number of benzene rings is 2. The highest BCUT2D eigenvalue weighted by molar-refractivity contribution is 7.98. The highest BCUT2D eigenvalue weighted by Crippen LogP contribution is 2.21. The maximum atomic E-state index is 12.2. The van der Waals surface area contributed by atoms with Gasteiger partial charge in [0.25, 0.3) is 5.91 Å². The van der Waals surface area contributed by atoms with E-state index in [1.54, 1.807) is 36.0 Å². The maximum absolute atomic E-state index is 12.2. The van der Waals surface area contributed by atoms with E-state index in [0.29, 0.717) is 16.3 Å². The molecule has 0 bridgehead atoms. The summed E-state index contributed by atoms with van der Waals surface area (Å²) in [6, 6.07) is 12.2. The van der Waals surface area contributed by atoms with E-state index in [-0.39, 0.29) is 0 Å². The first-order chi connectivity index (χ1) is 11.4.